The summed E-state index contributed by atoms with van der Waals surface area (Å²) in [7, 11) is 0. The van der Waals surface area contributed by atoms with Gasteiger partial charge < -0.3 is 5.11 Å². The summed E-state index contributed by atoms with van der Waals surface area (Å²) in [5.74, 6) is -0.240. The molecule has 2 aromatic rings. The topological polar surface area (TPSA) is 79.8 Å². The highest BCUT2D eigenvalue weighted by atomic mass is 16.3. The second-order valence-electron chi connectivity index (χ2n) is 5.92. The molecule has 2 aromatic heterocycles. The molecule has 0 spiro atoms. The molecule has 3 heterocycles. The van der Waals surface area contributed by atoms with Gasteiger partial charge in [0, 0.05) is 19.3 Å². The quantitative estimate of drug-likeness (QED) is 0.849. The lowest BCUT2D eigenvalue weighted by Gasteiger charge is -2.48. The molecular weight excluding hydrogens is 272 g/mol. The van der Waals surface area contributed by atoms with Crippen molar-refractivity contribution in [1.82, 2.24) is 19.1 Å². The van der Waals surface area contributed by atoms with Crippen LogP contribution in [0.3, 0.4) is 0 Å². The van der Waals surface area contributed by atoms with Crippen molar-refractivity contribution >= 4 is 11.6 Å². The number of carbonyl (C=O) groups excluding carboxylic acids is 1. The normalized spacial score (nSPS) is 18.1. The van der Waals surface area contributed by atoms with E-state index in [1.165, 1.54) is 4.40 Å². The smallest absolute Gasteiger partial charge is 0.357 e. The van der Waals surface area contributed by atoms with Gasteiger partial charge in [-0.05, 0) is 18.1 Å². The van der Waals surface area contributed by atoms with Crippen molar-refractivity contribution < 1.29 is 9.90 Å². The first-order valence-electron chi connectivity index (χ1n) is 6.95. The summed E-state index contributed by atoms with van der Waals surface area (Å²) < 4.78 is 2.22. The molecule has 7 heteroatoms. The lowest BCUT2D eigenvalue weighted by molar-refractivity contribution is -0.123. The van der Waals surface area contributed by atoms with E-state index in [9.17, 15) is 14.7 Å². The number of hydrogen-bond acceptors (Lipinski definition) is 5. The Labute approximate surface area is 121 Å². The Morgan fingerprint density at radius 2 is 2.14 bits per heavy atom. The maximum absolute atomic E-state index is 12.2. The number of aliphatic hydroxyl groups is 1. The molecule has 112 valence electrons. The molecular formula is C14H18N4O3. The van der Waals surface area contributed by atoms with Crippen LogP contribution in [0.25, 0.3) is 5.65 Å². The van der Waals surface area contributed by atoms with Crippen LogP contribution in [-0.2, 0) is 0 Å². The van der Waals surface area contributed by atoms with Gasteiger partial charge in [-0.15, -0.1) is 9.78 Å². The van der Waals surface area contributed by atoms with Gasteiger partial charge in [0.2, 0.25) is 0 Å². The molecule has 1 N–H and O–H groups in total. The molecule has 1 saturated heterocycles. The Morgan fingerprint density at radius 3 is 2.76 bits per heavy atom. The fourth-order valence-corrected chi connectivity index (χ4v) is 2.55. The number of fused-ring (bicyclic) bond motifs is 1. The van der Waals surface area contributed by atoms with E-state index in [1.807, 2.05) is 18.7 Å². The standard InChI is InChI=1S/C14H18N4O3/c1-10(2)14(21)8-16(9-14)7-12(19)18-13(20)17-6-4-3-5-11(17)15-18/h3-6,10,21H,7-9H2,1-2H3. The van der Waals surface area contributed by atoms with E-state index in [0.717, 1.165) is 4.68 Å². The zero-order valence-corrected chi connectivity index (χ0v) is 12.1. The van der Waals surface area contributed by atoms with Crippen LogP contribution in [-0.4, -0.2) is 55.3 Å². The van der Waals surface area contributed by atoms with Crippen LogP contribution in [0.5, 0.6) is 0 Å². The number of carbonyl (C=O) groups is 1. The molecule has 0 aliphatic carbocycles. The highest BCUT2D eigenvalue weighted by Gasteiger charge is 2.44. The van der Waals surface area contributed by atoms with Crippen molar-refractivity contribution in [2.45, 2.75) is 19.4 Å². The number of hydrogen-bond donors (Lipinski definition) is 1. The summed E-state index contributed by atoms with van der Waals surface area (Å²) in [5, 5.41) is 14.2. The van der Waals surface area contributed by atoms with Gasteiger partial charge in [0.25, 0.3) is 5.91 Å². The highest BCUT2D eigenvalue weighted by Crippen LogP contribution is 2.28. The lowest BCUT2D eigenvalue weighted by atomic mass is 9.83. The van der Waals surface area contributed by atoms with Crippen molar-refractivity contribution in [3.05, 3.63) is 34.9 Å². The summed E-state index contributed by atoms with van der Waals surface area (Å²) in [6, 6.07) is 5.14. The zero-order valence-electron chi connectivity index (χ0n) is 12.1. The molecule has 0 bridgehead atoms. The summed E-state index contributed by atoms with van der Waals surface area (Å²) in [6.45, 7) is 4.87. The maximum Gasteiger partial charge on any atom is 0.357 e. The van der Waals surface area contributed by atoms with Gasteiger partial charge in [0.15, 0.2) is 5.65 Å². The molecule has 0 aromatic carbocycles. The van der Waals surface area contributed by atoms with Gasteiger partial charge in [-0.2, -0.15) is 0 Å². The van der Waals surface area contributed by atoms with Gasteiger partial charge >= 0.3 is 5.69 Å². The second kappa shape index (κ2) is 4.78. The lowest BCUT2D eigenvalue weighted by Crippen LogP contribution is -2.65. The number of β-amino-alcohol motifs (C(OH)–C–C–N with tert-alkyl or cyclic N) is 1. The molecule has 0 amide bonds. The van der Waals surface area contributed by atoms with Gasteiger partial charge in [-0.1, -0.05) is 19.9 Å². The van der Waals surface area contributed by atoms with E-state index in [4.69, 9.17) is 0 Å². The average molecular weight is 290 g/mol. The Bertz CT molecular complexity index is 740. The van der Waals surface area contributed by atoms with Crippen LogP contribution in [0.15, 0.2) is 29.2 Å². The highest BCUT2D eigenvalue weighted by molar-refractivity contribution is 5.80. The third kappa shape index (κ3) is 2.28. The van der Waals surface area contributed by atoms with E-state index in [2.05, 4.69) is 5.10 Å². The molecule has 0 radical (unpaired) electrons. The first-order valence-corrected chi connectivity index (χ1v) is 6.95. The molecule has 1 aliphatic rings. The van der Waals surface area contributed by atoms with Crippen molar-refractivity contribution in [3.63, 3.8) is 0 Å². The molecule has 0 unspecified atom stereocenters. The van der Waals surface area contributed by atoms with E-state index in [0.29, 0.717) is 18.7 Å². The first kappa shape index (κ1) is 14.0. The first-order chi connectivity index (χ1) is 9.90. The minimum absolute atomic E-state index is 0.0822. The van der Waals surface area contributed by atoms with E-state index >= 15 is 0 Å². The number of rotatable bonds is 3. The van der Waals surface area contributed by atoms with Crippen LogP contribution in [0.4, 0.5) is 0 Å². The molecule has 0 saturated carbocycles. The Hall–Kier alpha value is -1.99. The Balaban J connectivity index is 1.74. The maximum atomic E-state index is 12.2. The molecule has 1 fully saturated rings. The summed E-state index contributed by atoms with van der Waals surface area (Å²) in [6.07, 6.45) is 1.58. The third-order valence-corrected chi connectivity index (χ3v) is 4.09. The van der Waals surface area contributed by atoms with E-state index in [-0.39, 0.29) is 18.4 Å². The average Bonchev–Trinajstić information content (AvgIpc) is 2.74. The number of likely N-dealkylation sites (tertiary alicyclic amines) is 1. The Kier molecular flexibility index (Phi) is 3.18. The number of nitrogens with zero attached hydrogens (tertiary/aromatic N) is 4. The van der Waals surface area contributed by atoms with Gasteiger partial charge in [-0.3, -0.25) is 9.69 Å². The molecule has 3 rings (SSSR count). The van der Waals surface area contributed by atoms with Crippen LogP contribution < -0.4 is 5.69 Å². The minimum Gasteiger partial charge on any atom is -0.387 e. The largest absolute Gasteiger partial charge is 0.387 e. The van der Waals surface area contributed by atoms with Crippen molar-refractivity contribution in [3.8, 4) is 0 Å². The van der Waals surface area contributed by atoms with Gasteiger partial charge in [0.1, 0.15) is 0 Å². The molecule has 0 atom stereocenters. The monoisotopic (exact) mass is 290 g/mol. The SMILES string of the molecule is CC(C)C1(O)CN(CC(=O)n2nc3ccccn3c2=O)C1. The fourth-order valence-electron chi connectivity index (χ4n) is 2.55. The predicted octanol–water partition coefficient (Wildman–Crippen LogP) is -0.161. The van der Waals surface area contributed by atoms with Crippen molar-refractivity contribution in [1.29, 1.82) is 0 Å². The van der Waals surface area contributed by atoms with Gasteiger partial charge in [-0.25, -0.2) is 9.20 Å². The molecule has 1 aliphatic heterocycles. The predicted molar refractivity (Wildman–Crippen MR) is 76.3 cm³/mol. The van der Waals surface area contributed by atoms with Crippen LogP contribution in [0.2, 0.25) is 0 Å². The second-order valence-corrected chi connectivity index (χ2v) is 5.92. The van der Waals surface area contributed by atoms with Crippen LogP contribution in [0, 0.1) is 5.92 Å². The van der Waals surface area contributed by atoms with Crippen molar-refractivity contribution in [2.24, 2.45) is 5.92 Å². The molecule has 7 nitrogen and oxygen atoms in total. The van der Waals surface area contributed by atoms with E-state index in [1.54, 1.807) is 24.4 Å². The summed E-state index contributed by atoms with van der Waals surface area (Å²) >= 11 is 0. The summed E-state index contributed by atoms with van der Waals surface area (Å²) in [5.41, 5.74) is -0.752. The fraction of sp³-hybridized carbons (Fsp3) is 0.500. The van der Waals surface area contributed by atoms with Crippen LogP contribution in [0.1, 0.15) is 18.6 Å². The zero-order chi connectivity index (χ0) is 15.2. The minimum atomic E-state index is -0.732. The number of pyridine rings is 1. The summed E-state index contributed by atoms with van der Waals surface area (Å²) in [4.78, 5) is 26.1. The van der Waals surface area contributed by atoms with Crippen molar-refractivity contribution in [2.75, 3.05) is 19.6 Å². The van der Waals surface area contributed by atoms with Crippen LogP contribution >= 0.6 is 0 Å². The Morgan fingerprint density at radius 1 is 1.43 bits per heavy atom. The molecule has 21 heavy (non-hydrogen) atoms. The number of aromatic nitrogens is 3. The third-order valence-electron chi connectivity index (χ3n) is 4.09. The van der Waals surface area contributed by atoms with Gasteiger partial charge in [0.05, 0.1) is 12.1 Å². The van der Waals surface area contributed by atoms with E-state index < -0.39 is 11.3 Å².